The summed E-state index contributed by atoms with van der Waals surface area (Å²) in [7, 11) is 0. The molecule has 0 amide bonds. The molecule has 0 aliphatic carbocycles. The molecule has 18 heavy (non-hydrogen) atoms. The molecular formula is C12H12N4OS. The van der Waals surface area contributed by atoms with E-state index in [9.17, 15) is 4.79 Å². The minimum absolute atomic E-state index is 0.153. The van der Waals surface area contributed by atoms with Crippen LogP contribution in [0.15, 0.2) is 22.0 Å². The first kappa shape index (κ1) is 12.5. The summed E-state index contributed by atoms with van der Waals surface area (Å²) in [6.45, 7) is 3.80. The van der Waals surface area contributed by atoms with Crippen molar-refractivity contribution in [3.05, 3.63) is 45.0 Å². The van der Waals surface area contributed by atoms with Crippen LogP contribution in [0.2, 0.25) is 0 Å². The molecule has 6 heteroatoms. The second kappa shape index (κ2) is 5.10. The summed E-state index contributed by atoms with van der Waals surface area (Å²) >= 11 is 1.44. The maximum atomic E-state index is 11.0. The van der Waals surface area contributed by atoms with Gasteiger partial charge in [-0.15, -0.1) is 0 Å². The van der Waals surface area contributed by atoms with E-state index in [1.807, 2.05) is 19.9 Å². The lowest BCUT2D eigenvalue weighted by Gasteiger charge is -2.06. The number of H-pyrrole nitrogens is 2. The van der Waals surface area contributed by atoms with Crippen molar-refractivity contribution in [2.24, 2.45) is 0 Å². The summed E-state index contributed by atoms with van der Waals surface area (Å²) in [5.74, 6) is 0.573. The van der Waals surface area contributed by atoms with E-state index in [2.05, 4.69) is 21.3 Å². The van der Waals surface area contributed by atoms with Gasteiger partial charge in [0.25, 0.3) is 5.56 Å². The molecular weight excluding hydrogens is 248 g/mol. The van der Waals surface area contributed by atoms with Crippen molar-refractivity contribution in [3.63, 3.8) is 0 Å². The van der Waals surface area contributed by atoms with Crippen molar-refractivity contribution >= 4 is 11.8 Å². The fourth-order valence-electron chi connectivity index (χ4n) is 1.64. The van der Waals surface area contributed by atoms with E-state index in [0.29, 0.717) is 16.3 Å². The van der Waals surface area contributed by atoms with Crippen molar-refractivity contribution in [1.29, 1.82) is 5.26 Å². The fraction of sp³-hybridized carbons (Fsp3) is 0.250. The maximum absolute atomic E-state index is 11.0. The number of nitrogens with zero attached hydrogens (tertiary/aromatic N) is 2. The Morgan fingerprint density at radius 1 is 1.39 bits per heavy atom. The molecule has 2 aromatic rings. The van der Waals surface area contributed by atoms with Crippen LogP contribution in [0, 0.1) is 25.2 Å². The molecule has 2 rings (SSSR count). The molecule has 0 saturated heterocycles. The number of aromatic nitrogens is 3. The SMILES string of the molecule is Cc1cc(C)c(C#N)c(SCc2cc(=O)[nH][nH]2)n1. The number of aryl methyl sites for hydroxylation is 2. The lowest BCUT2D eigenvalue weighted by molar-refractivity contribution is 1.00. The Morgan fingerprint density at radius 3 is 2.78 bits per heavy atom. The second-order valence-corrected chi connectivity index (χ2v) is 4.91. The quantitative estimate of drug-likeness (QED) is 0.825. The largest absolute Gasteiger partial charge is 0.301 e. The molecule has 5 nitrogen and oxygen atoms in total. The predicted molar refractivity (Wildman–Crippen MR) is 69.4 cm³/mol. The lowest BCUT2D eigenvalue weighted by atomic mass is 10.1. The minimum Gasteiger partial charge on any atom is -0.301 e. The van der Waals surface area contributed by atoms with Crippen LogP contribution in [0.4, 0.5) is 0 Å². The van der Waals surface area contributed by atoms with E-state index in [1.54, 1.807) is 0 Å². The highest BCUT2D eigenvalue weighted by Gasteiger charge is 2.09. The number of hydrogen-bond donors (Lipinski definition) is 2. The highest BCUT2D eigenvalue weighted by molar-refractivity contribution is 7.98. The molecule has 0 radical (unpaired) electrons. The van der Waals surface area contributed by atoms with Gasteiger partial charge in [-0.25, -0.2) is 4.98 Å². The highest BCUT2D eigenvalue weighted by atomic mass is 32.2. The molecule has 2 heterocycles. The number of nitrogens with one attached hydrogen (secondary N) is 2. The highest BCUT2D eigenvalue weighted by Crippen LogP contribution is 2.25. The van der Waals surface area contributed by atoms with Crippen LogP contribution >= 0.6 is 11.8 Å². The second-order valence-electron chi connectivity index (χ2n) is 3.94. The van der Waals surface area contributed by atoms with E-state index in [-0.39, 0.29) is 5.56 Å². The van der Waals surface area contributed by atoms with Crippen LogP contribution in [0.5, 0.6) is 0 Å². The number of aromatic amines is 2. The van der Waals surface area contributed by atoms with Crippen molar-refractivity contribution in [2.45, 2.75) is 24.6 Å². The van der Waals surface area contributed by atoms with Crippen molar-refractivity contribution in [3.8, 4) is 6.07 Å². The van der Waals surface area contributed by atoms with Crippen LogP contribution in [0.1, 0.15) is 22.5 Å². The van der Waals surface area contributed by atoms with Gasteiger partial charge < -0.3 is 5.10 Å². The van der Waals surface area contributed by atoms with Gasteiger partial charge in [0.15, 0.2) is 0 Å². The Balaban J connectivity index is 2.24. The third-order valence-electron chi connectivity index (χ3n) is 2.44. The van der Waals surface area contributed by atoms with Gasteiger partial charge in [-0.1, -0.05) is 11.8 Å². The van der Waals surface area contributed by atoms with Gasteiger partial charge in [0.1, 0.15) is 11.1 Å². The third kappa shape index (κ3) is 2.63. The molecule has 0 unspecified atom stereocenters. The zero-order valence-electron chi connectivity index (χ0n) is 10.1. The fourth-order valence-corrected chi connectivity index (χ4v) is 2.65. The Labute approximate surface area is 108 Å². The lowest BCUT2D eigenvalue weighted by Crippen LogP contribution is -1.95. The minimum atomic E-state index is -0.153. The Bertz CT molecular complexity index is 665. The summed E-state index contributed by atoms with van der Waals surface area (Å²) in [5.41, 5.74) is 3.05. The third-order valence-corrected chi connectivity index (χ3v) is 3.46. The molecule has 2 N–H and O–H groups in total. The summed E-state index contributed by atoms with van der Waals surface area (Å²) < 4.78 is 0. The monoisotopic (exact) mass is 260 g/mol. The van der Waals surface area contributed by atoms with Crippen LogP contribution in [0.3, 0.4) is 0 Å². The average Bonchev–Trinajstić information content (AvgIpc) is 2.72. The van der Waals surface area contributed by atoms with E-state index in [4.69, 9.17) is 5.26 Å². The molecule has 0 aromatic carbocycles. The van der Waals surface area contributed by atoms with Gasteiger partial charge in [-0.3, -0.25) is 9.89 Å². The molecule has 92 valence electrons. The normalized spacial score (nSPS) is 10.3. The van der Waals surface area contributed by atoms with Gasteiger partial charge in [0.2, 0.25) is 0 Å². The first-order valence-corrected chi connectivity index (χ1v) is 6.36. The Kier molecular flexibility index (Phi) is 3.53. The summed E-state index contributed by atoms with van der Waals surface area (Å²) in [6.07, 6.45) is 0. The van der Waals surface area contributed by atoms with Gasteiger partial charge >= 0.3 is 0 Å². The predicted octanol–water partition coefficient (Wildman–Crippen LogP) is 1.88. The summed E-state index contributed by atoms with van der Waals surface area (Å²) in [5, 5.41) is 15.1. The van der Waals surface area contributed by atoms with Crippen LogP contribution in [0.25, 0.3) is 0 Å². The molecule has 0 aliphatic rings. The van der Waals surface area contributed by atoms with Crippen LogP contribution < -0.4 is 5.56 Å². The van der Waals surface area contributed by atoms with Gasteiger partial charge in [-0.2, -0.15) is 5.26 Å². The average molecular weight is 260 g/mol. The first-order chi connectivity index (χ1) is 8.60. The number of thioether (sulfide) groups is 1. The molecule has 0 fully saturated rings. The zero-order valence-corrected chi connectivity index (χ0v) is 10.9. The van der Waals surface area contributed by atoms with Crippen molar-refractivity contribution < 1.29 is 0 Å². The summed E-state index contributed by atoms with van der Waals surface area (Å²) in [4.78, 5) is 15.3. The van der Waals surface area contributed by atoms with Crippen LogP contribution in [-0.2, 0) is 5.75 Å². The molecule has 0 aliphatic heterocycles. The molecule has 0 saturated carbocycles. The van der Waals surface area contributed by atoms with E-state index in [0.717, 1.165) is 17.0 Å². The number of nitriles is 1. The van der Waals surface area contributed by atoms with Crippen LogP contribution in [-0.4, -0.2) is 15.2 Å². The Hall–Kier alpha value is -2.00. The molecule has 2 aromatic heterocycles. The van der Waals surface area contributed by atoms with E-state index in [1.165, 1.54) is 17.8 Å². The zero-order chi connectivity index (χ0) is 13.1. The van der Waals surface area contributed by atoms with Gasteiger partial charge in [0, 0.05) is 23.2 Å². The van der Waals surface area contributed by atoms with Crippen molar-refractivity contribution in [2.75, 3.05) is 0 Å². The maximum Gasteiger partial charge on any atom is 0.264 e. The van der Waals surface area contributed by atoms with E-state index >= 15 is 0 Å². The standard InChI is InChI=1S/C12H12N4OS/c1-7-3-8(2)14-12(10(7)5-13)18-6-9-4-11(17)16-15-9/h3-4H,6H2,1-2H3,(H2,15,16,17). The van der Waals surface area contributed by atoms with E-state index < -0.39 is 0 Å². The number of pyridine rings is 1. The molecule has 0 spiro atoms. The Morgan fingerprint density at radius 2 is 2.17 bits per heavy atom. The number of rotatable bonds is 3. The summed E-state index contributed by atoms with van der Waals surface area (Å²) in [6, 6.07) is 5.56. The molecule has 0 bridgehead atoms. The molecule has 0 atom stereocenters. The first-order valence-electron chi connectivity index (χ1n) is 5.38. The van der Waals surface area contributed by atoms with Gasteiger partial charge in [-0.05, 0) is 25.5 Å². The number of hydrogen-bond acceptors (Lipinski definition) is 4. The van der Waals surface area contributed by atoms with Crippen molar-refractivity contribution in [1.82, 2.24) is 15.2 Å². The van der Waals surface area contributed by atoms with Gasteiger partial charge in [0.05, 0.1) is 5.56 Å². The smallest absolute Gasteiger partial charge is 0.264 e. The topological polar surface area (TPSA) is 85.3 Å².